The van der Waals surface area contributed by atoms with Gasteiger partial charge in [0.15, 0.2) is 5.75 Å². The zero-order valence-corrected chi connectivity index (χ0v) is 10.9. The highest BCUT2D eigenvalue weighted by molar-refractivity contribution is 5.73. The van der Waals surface area contributed by atoms with Crippen LogP contribution in [-0.2, 0) is 0 Å². The highest BCUT2D eigenvalue weighted by atomic mass is 17.1. The molecule has 2 nitrogen and oxygen atoms in total. The van der Waals surface area contributed by atoms with Gasteiger partial charge >= 0.3 is 0 Å². The van der Waals surface area contributed by atoms with Crippen LogP contribution < -0.4 is 4.89 Å². The lowest BCUT2D eigenvalue weighted by atomic mass is 10.00. The van der Waals surface area contributed by atoms with Crippen LogP contribution >= 0.6 is 0 Å². The molecule has 2 heteroatoms. The second kappa shape index (κ2) is 5.59. The molecule has 0 aliphatic rings. The van der Waals surface area contributed by atoms with E-state index < -0.39 is 0 Å². The lowest BCUT2D eigenvalue weighted by Crippen LogP contribution is -1.88. The summed E-state index contributed by atoms with van der Waals surface area (Å²) in [6.45, 7) is 0. The van der Waals surface area contributed by atoms with E-state index >= 15 is 0 Å². The Morgan fingerprint density at radius 1 is 0.550 bits per heavy atom. The molecular formula is C18H14O2. The molecule has 0 fully saturated rings. The molecule has 0 bridgehead atoms. The molecule has 0 unspecified atom stereocenters. The topological polar surface area (TPSA) is 29.5 Å². The molecule has 3 rings (SSSR count). The normalized spacial score (nSPS) is 10.2. The van der Waals surface area contributed by atoms with E-state index in [1.54, 1.807) is 6.07 Å². The van der Waals surface area contributed by atoms with Crippen molar-refractivity contribution in [3.8, 4) is 28.0 Å². The van der Waals surface area contributed by atoms with E-state index in [4.69, 9.17) is 5.26 Å². The lowest BCUT2D eigenvalue weighted by molar-refractivity contribution is -0.137. The fourth-order valence-electron chi connectivity index (χ4n) is 2.26. The Hall–Kier alpha value is -2.58. The predicted molar refractivity (Wildman–Crippen MR) is 80.6 cm³/mol. The molecule has 0 spiro atoms. The van der Waals surface area contributed by atoms with Crippen LogP contribution in [0.5, 0.6) is 5.75 Å². The van der Waals surface area contributed by atoms with Gasteiger partial charge in [0.25, 0.3) is 0 Å². The van der Waals surface area contributed by atoms with Crippen molar-refractivity contribution in [2.75, 3.05) is 0 Å². The standard InChI is InChI=1S/C18H14O2/c19-20-18-9-5-4-8-17(18)16-12-10-15(11-13-16)14-6-2-1-3-7-14/h1-13,19H. The molecule has 0 aliphatic heterocycles. The fraction of sp³-hybridized carbons (Fsp3) is 0. The maximum absolute atomic E-state index is 8.91. The van der Waals surface area contributed by atoms with Crippen molar-refractivity contribution in [3.63, 3.8) is 0 Å². The third-order valence-corrected chi connectivity index (χ3v) is 3.29. The van der Waals surface area contributed by atoms with Gasteiger partial charge in [0.2, 0.25) is 0 Å². The first-order valence-corrected chi connectivity index (χ1v) is 6.45. The van der Waals surface area contributed by atoms with Gasteiger partial charge in [-0.15, -0.1) is 0 Å². The van der Waals surface area contributed by atoms with Crippen LogP contribution in [0.25, 0.3) is 22.3 Å². The van der Waals surface area contributed by atoms with Crippen LogP contribution in [0.4, 0.5) is 0 Å². The van der Waals surface area contributed by atoms with E-state index in [1.165, 1.54) is 5.56 Å². The quantitative estimate of drug-likeness (QED) is 0.539. The summed E-state index contributed by atoms with van der Waals surface area (Å²) in [4.78, 5) is 4.41. The van der Waals surface area contributed by atoms with E-state index in [9.17, 15) is 0 Å². The number of benzene rings is 3. The number of rotatable bonds is 3. The molecule has 0 atom stereocenters. The van der Waals surface area contributed by atoms with Crippen molar-refractivity contribution in [1.82, 2.24) is 0 Å². The molecule has 0 saturated heterocycles. The summed E-state index contributed by atoms with van der Waals surface area (Å²) in [5.74, 6) is 0.458. The molecule has 0 amide bonds. The molecular weight excluding hydrogens is 248 g/mol. The molecule has 1 N–H and O–H groups in total. The van der Waals surface area contributed by atoms with Crippen LogP contribution in [0.3, 0.4) is 0 Å². The van der Waals surface area contributed by atoms with Crippen molar-refractivity contribution in [2.45, 2.75) is 0 Å². The largest absolute Gasteiger partial charge is 0.340 e. The smallest absolute Gasteiger partial charge is 0.172 e. The van der Waals surface area contributed by atoms with Gasteiger partial charge in [-0.25, -0.2) is 5.26 Å². The summed E-state index contributed by atoms with van der Waals surface area (Å²) < 4.78 is 0. The predicted octanol–water partition coefficient (Wildman–Crippen LogP) is 4.87. The van der Waals surface area contributed by atoms with Gasteiger partial charge in [0, 0.05) is 5.56 Å². The van der Waals surface area contributed by atoms with Gasteiger partial charge in [-0.2, -0.15) is 0 Å². The molecule has 0 radical (unpaired) electrons. The molecule has 0 heterocycles. The van der Waals surface area contributed by atoms with Gasteiger partial charge in [0.1, 0.15) is 0 Å². The number of hydrogen-bond acceptors (Lipinski definition) is 2. The first-order chi connectivity index (χ1) is 9.88. The Balaban J connectivity index is 1.98. The van der Waals surface area contributed by atoms with Gasteiger partial charge in [-0.1, -0.05) is 72.8 Å². The van der Waals surface area contributed by atoms with Crippen molar-refractivity contribution in [1.29, 1.82) is 0 Å². The van der Waals surface area contributed by atoms with E-state index in [0.717, 1.165) is 16.7 Å². The second-order valence-corrected chi connectivity index (χ2v) is 4.53. The van der Waals surface area contributed by atoms with Crippen molar-refractivity contribution >= 4 is 0 Å². The summed E-state index contributed by atoms with van der Waals surface area (Å²) in [6.07, 6.45) is 0. The average Bonchev–Trinajstić information content (AvgIpc) is 2.56. The highest BCUT2D eigenvalue weighted by Gasteiger charge is 2.06. The minimum Gasteiger partial charge on any atom is -0.340 e. The summed E-state index contributed by atoms with van der Waals surface area (Å²) in [7, 11) is 0. The summed E-state index contributed by atoms with van der Waals surface area (Å²) >= 11 is 0. The van der Waals surface area contributed by atoms with E-state index in [1.807, 2.05) is 48.5 Å². The molecule has 3 aromatic rings. The van der Waals surface area contributed by atoms with Gasteiger partial charge in [-0.05, 0) is 22.8 Å². The first-order valence-electron chi connectivity index (χ1n) is 6.45. The second-order valence-electron chi connectivity index (χ2n) is 4.53. The van der Waals surface area contributed by atoms with Crippen LogP contribution in [0.1, 0.15) is 0 Å². The average molecular weight is 262 g/mol. The van der Waals surface area contributed by atoms with Crippen LogP contribution in [0, 0.1) is 0 Å². The zero-order chi connectivity index (χ0) is 13.8. The summed E-state index contributed by atoms with van der Waals surface area (Å²) in [5, 5.41) is 8.91. The Morgan fingerprint density at radius 2 is 1.10 bits per heavy atom. The molecule has 0 saturated carbocycles. The maximum Gasteiger partial charge on any atom is 0.172 e. The maximum atomic E-state index is 8.91. The van der Waals surface area contributed by atoms with Gasteiger partial charge in [0.05, 0.1) is 0 Å². The van der Waals surface area contributed by atoms with Crippen LogP contribution in [0.2, 0.25) is 0 Å². The Kier molecular flexibility index (Phi) is 3.48. The summed E-state index contributed by atoms with van der Waals surface area (Å²) in [6, 6.07) is 25.8. The fourth-order valence-corrected chi connectivity index (χ4v) is 2.26. The number of hydrogen-bond donors (Lipinski definition) is 1. The van der Waals surface area contributed by atoms with Crippen LogP contribution in [0.15, 0.2) is 78.9 Å². The van der Waals surface area contributed by atoms with Crippen LogP contribution in [-0.4, -0.2) is 5.26 Å². The Bertz CT molecular complexity index is 688. The first kappa shape index (κ1) is 12.5. The van der Waals surface area contributed by atoms with Gasteiger partial charge < -0.3 is 4.89 Å². The van der Waals surface area contributed by atoms with E-state index in [2.05, 4.69) is 29.2 Å². The minimum atomic E-state index is 0.458. The van der Waals surface area contributed by atoms with Crippen molar-refractivity contribution in [3.05, 3.63) is 78.9 Å². The van der Waals surface area contributed by atoms with E-state index in [0.29, 0.717) is 5.75 Å². The monoisotopic (exact) mass is 262 g/mol. The molecule has 3 aromatic carbocycles. The molecule has 20 heavy (non-hydrogen) atoms. The Morgan fingerprint density at radius 3 is 1.80 bits per heavy atom. The third-order valence-electron chi connectivity index (χ3n) is 3.29. The molecule has 98 valence electrons. The minimum absolute atomic E-state index is 0.458. The summed E-state index contributed by atoms with van der Waals surface area (Å²) in [5.41, 5.74) is 4.23. The van der Waals surface area contributed by atoms with E-state index in [-0.39, 0.29) is 0 Å². The van der Waals surface area contributed by atoms with Gasteiger partial charge in [-0.3, -0.25) is 0 Å². The Labute approximate surface area is 117 Å². The molecule has 0 aromatic heterocycles. The number of para-hydroxylation sites is 1. The molecule has 0 aliphatic carbocycles. The van der Waals surface area contributed by atoms with Crippen molar-refractivity contribution < 1.29 is 10.1 Å². The zero-order valence-electron chi connectivity index (χ0n) is 10.9. The van der Waals surface area contributed by atoms with Crippen molar-refractivity contribution in [2.24, 2.45) is 0 Å². The SMILES string of the molecule is OOc1ccccc1-c1ccc(-c2ccccc2)cc1. The third kappa shape index (κ3) is 2.42. The highest BCUT2D eigenvalue weighted by Crippen LogP contribution is 2.31. The lowest BCUT2D eigenvalue weighted by Gasteiger charge is -2.07.